The van der Waals surface area contributed by atoms with Gasteiger partial charge in [-0.1, -0.05) is 58.2 Å². The summed E-state index contributed by atoms with van der Waals surface area (Å²) >= 11 is 0. The van der Waals surface area contributed by atoms with Crippen LogP contribution in [0.5, 0.6) is 0 Å². The molecule has 0 saturated heterocycles. The van der Waals surface area contributed by atoms with Crippen LogP contribution in [0.15, 0.2) is 24.3 Å². The van der Waals surface area contributed by atoms with Crippen molar-refractivity contribution in [3.63, 3.8) is 0 Å². The van der Waals surface area contributed by atoms with Gasteiger partial charge in [0.2, 0.25) is 5.95 Å². The van der Waals surface area contributed by atoms with Gasteiger partial charge < -0.3 is 16.0 Å². The Hall–Kier alpha value is -2.14. The number of rotatable bonds is 6. The Balaban J connectivity index is 1.71. The number of nitrogens with zero attached hydrogens (tertiary/aromatic N) is 2. The van der Waals surface area contributed by atoms with Crippen LogP contribution in [0, 0.1) is 11.3 Å². The summed E-state index contributed by atoms with van der Waals surface area (Å²) in [4.78, 5) is 10.0. The first kappa shape index (κ1) is 22.1. The van der Waals surface area contributed by atoms with E-state index in [-0.39, 0.29) is 5.41 Å². The second-order valence-electron chi connectivity index (χ2n) is 10.4. The summed E-state index contributed by atoms with van der Waals surface area (Å²) < 4.78 is 0. The van der Waals surface area contributed by atoms with Crippen LogP contribution in [-0.2, 0) is 0 Å². The lowest BCUT2D eigenvalue weighted by atomic mass is 9.88. The fraction of sp³-hybridized carbons (Fsp3) is 0.615. The van der Waals surface area contributed by atoms with E-state index < -0.39 is 0 Å². The Morgan fingerprint density at radius 1 is 1.13 bits per heavy atom. The normalized spacial score (nSPS) is 19.2. The standard InChI is InChI=1S/C26H39N5/c1-18(26(2,3)4)29-24-22-12-8-11-21(20-13-15-27-16-14-20)23(22)30-25(31-24)28-17-19-9-6-5-7-10-19/h8,11-13,18-19,27H,5-7,9-10,14-17H2,1-4H3,(H2,28,29,30,31). The number of benzene rings is 1. The SMILES string of the molecule is CC(Nc1nc(NCC2CCCCC2)nc2c(C3=CCNCC3)cccc12)C(C)(C)C. The first-order chi connectivity index (χ1) is 14.9. The summed E-state index contributed by atoms with van der Waals surface area (Å²) in [6.07, 6.45) is 10.1. The lowest BCUT2D eigenvalue weighted by Gasteiger charge is -2.29. The smallest absolute Gasteiger partial charge is 0.225 e. The molecular weight excluding hydrogens is 382 g/mol. The van der Waals surface area contributed by atoms with Gasteiger partial charge in [-0.3, -0.25) is 0 Å². The van der Waals surface area contributed by atoms with Crippen LogP contribution in [0.3, 0.4) is 0 Å². The topological polar surface area (TPSA) is 61.9 Å². The minimum atomic E-state index is 0.141. The molecular formula is C26H39N5. The molecule has 5 nitrogen and oxygen atoms in total. The van der Waals surface area contributed by atoms with Crippen molar-refractivity contribution in [2.45, 2.75) is 72.3 Å². The lowest BCUT2D eigenvalue weighted by Crippen LogP contribution is -2.31. The Bertz CT molecular complexity index is 921. The Morgan fingerprint density at radius 3 is 2.65 bits per heavy atom. The van der Waals surface area contributed by atoms with Crippen molar-refractivity contribution in [3.8, 4) is 0 Å². The van der Waals surface area contributed by atoms with Crippen LogP contribution in [0.1, 0.15) is 71.8 Å². The lowest BCUT2D eigenvalue weighted by molar-refractivity contribution is 0.359. The highest BCUT2D eigenvalue weighted by molar-refractivity contribution is 5.97. The van der Waals surface area contributed by atoms with E-state index >= 15 is 0 Å². The fourth-order valence-electron chi connectivity index (χ4n) is 4.52. The highest BCUT2D eigenvalue weighted by Gasteiger charge is 2.23. The molecule has 3 N–H and O–H groups in total. The van der Waals surface area contributed by atoms with E-state index in [2.05, 4.69) is 67.9 Å². The van der Waals surface area contributed by atoms with Crippen molar-refractivity contribution in [2.24, 2.45) is 11.3 Å². The number of hydrogen-bond acceptors (Lipinski definition) is 5. The van der Waals surface area contributed by atoms with Crippen molar-refractivity contribution in [3.05, 3.63) is 29.8 Å². The molecule has 0 bridgehead atoms. The molecule has 2 aliphatic rings. The second kappa shape index (κ2) is 9.56. The zero-order valence-corrected chi connectivity index (χ0v) is 19.7. The highest BCUT2D eigenvalue weighted by Crippen LogP contribution is 2.33. The predicted octanol–water partition coefficient (Wildman–Crippen LogP) is 5.85. The monoisotopic (exact) mass is 421 g/mol. The van der Waals surface area contributed by atoms with Gasteiger partial charge in [0, 0.05) is 30.1 Å². The van der Waals surface area contributed by atoms with Crippen molar-refractivity contribution in [1.82, 2.24) is 15.3 Å². The molecule has 1 saturated carbocycles. The Kier molecular flexibility index (Phi) is 6.80. The predicted molar refractivity (Wildman–Crippen MR) is 133 cm³/mol. The van der Waals surface area contributed by atoms with E-state index in [1.807, 2.05) is 0 Å². The third-order valence-electron chi connectivity index (χ3n) is 7.06. The third kappa shape index (κ3) is 5.38. The van der Waals surface area contributed by atoms with E-state index in [0.29, 0.717) is 6.04 Å². The molecule has 1 fully saturated rings. The summed E-state index contributed by atoms with van der Waals surface area (Å²) in [5, 5.41) is 11.8. The highest BCUT2D eigenvalue weighted by atomic mass is 15.2. The number of nitrogens with one attached hydrogen (secondary N) is 3. The molecule has 1 unspecified atom stereocenters. The van der Waals surface area contributed by atoms with Gasteiger partial charge in [0.15, 0.2) is 0 Å². The molecule has 1 aliphatic heterocycles. The van der Waals surface area contributed by atoms with Gasteiger partial charge in [-0.05, 0) is 55.7 Å². The minimum Gasteiger partial charge on any atom is -0.366 e. The van der Waals surface area contributed by atoms with E-state index in [9.17, 15) is 0 Å². The number of anilines is 2. The molecule has 2 heterocycles. The summed E-state index contributed by atoms with van der Waals surface area (Å²) in [5.74, 6) is 2.43. The molecule has 31 heavy (non-hydrogen) atoms. The fourth-order valence-corrected chi connectivity index (χ4v) is 4.52. The average Bonchev–Trinajstić information content (AvgIpc) is 2.78. The maximum Gasteiger partial charge on any atom is 0.225 e. The number of aromatic nitrogens is 2. The third-order valence-corrected chi connectivity index (χ3v) is 7.06. The van der Waals surface area contributed by atoms with Crippen LogP contribution in [0.4, 0.5) is 11.8 Å². The van der Waals surface area contributed by atoms with Crippen LogP contribution < -0.4 is 16.0 Å². The zero-order valence-electron chi connectivity index (χ0n) is 19.7. The molecule has 168 valence electrons. The Labute approximate surface area is 187 Å². The van der Waals surface area contributed by atoms with Gasteiger partial charge >= 0.3 is 0 Å². The molecule has 1 aromatic heterocycles. The first-order valence-corrected chi connectivity index (χ1v) is 12.1. The minimum absolute atomic E-state index is 0.141. The van der Waals surface area contributed by atoms with Gasteiger partial charge in [0.05, 0.1) is 5.52 Å². The maximum absolute atomic E-state index is 5.04. The molecule has 0 amide bonds. The van der Waals surface area contributed by atoms with Gasteiger partial charge in [-0.25, -0.2) is 4.98 Å². The summed E-state index contributed by atoms with van der Waals surface area (Å²) in [6.45, 7) is 11.9. The molecule has 4 rings (SSSR count). The van der Waals surface area contributed by atoms with E-state index in [0.717, 1.165) is 54.6 Å². The average molecular weight is 422 g/mol. The number of para-hydroxylation sites is 1. The summed E-state index contributed by atoms with van der Waals surface area (Å²) in [5.41, 5.74) is 3.83. The van der Waals surface area contributed by atoms with Gasteiger partial charge in [-0.2, -0.15) is 4.98 Å². The Morgan fingerprint density at radius 2 is 1.94 bits per heavy atom. The van der Waals surface area contributed by atoms with E-state index in [1.54, 1.807) is 0 Å². The van der Waals surface area contributed by atoms with Crippen LogP contribution in [0.25, 0.3) is 16.5 Å². The first-order valence-electron chi connectivity index (χ1n) is 12.1. The van der Waals surface area contributed by atoms with E-state index in [4.69, 9.17) is 9.97 Å². The molecule has 5 heteroatoms. The van der Waals surface area contributed by atoms with Gasteiger partial charge in [-0.15, -0.1) is 0 Å². The molecule has 1 aliphatic carbocycles. The van der Waals surface area contributed by atoms with Crippen molar-refractivity contribution in [2.75, 3.05) is 30.3 Å². The van der Waals surface area contributed by atoms with Crippen LogP contribution in [-0.4, -0.2) is 35.6 Å². The molecule has 1 aromatic carbocycles. The van der Waals surface area contributed by atoms with Crippen molar-refractivity contribution >= 4 is 28.2 Å². The molecule has 0 spiro atoms. The van der Waals surface area contributed by atoms with Gasteiger partial charge in [0.1, 0.15) is 5.82 Å². The largest absolute Gasteiger partial charge is 0.366 e. The molecule has 1 atom stereocenters. The maximum atomic E-state index is 5.04. The quantitative estimate of drug-likeness (QED) is 0.546. The second-order valence-corrected chi connectivity index (χ2v) is 10.4. The molecule has 0 radical (unpaired) electrons. The van der Waals surface area contributed by atoms with Crippen LogP contribution >= 0.6 is 0 Å². The molecule has 2 aromatic rings. The number of hydrogen-bond donors (Lipinski definition) is 3. The summed E-state index contributed by atoms with van der Waals surface area (Å²) in [7, 11) is 0. The number of fused-ring (bicyclic) bond motifs is 1. The van der Waals surface area contributed by atoms with Crippen LogP contribution in [0.2, 0.25) is 0 Å². The van der Waals surface area contributed by atoms with Crippen molar-refractivity contribution in [1.29, 1.82) is 0 Å². The summed E-state index contributed by atoms with van der Waals surface area (Å²) in [6, 6.07) is 6.81. The van der Waals surface area contributed by atoms with E-state index in [1.165, 1.54) is 43.2 Å². The zero-order chi connectivity index (χ0) is 21.8. The van der Waals surface area contributed by atoms with Crippen molar-refractivity contribution < 1.29 is 0 Å². The van der Waals surface area contributed by atoms with Gasteiger partial charge in [0.25, 0.3) is 0 Å².